The molecule has 0 spiro atoms. The van der Waals surface area contributed by atoms with Gasteiger partial charge < -0.3 is 15.0 Å². The van der Waals surface area contributed by atoms with E-state index in [1.54, 1.807) is 16.7 Å². The lowest BCUT2D eigenvalue weighted by molar-refractivity contribution is -0.122. The molecule has 4 rings (SSSR count). The van der Waals surface area contributed by atoms with E-state index in [0.717, 1.165) is 17.7 Å². The minimum atomic E-state index is -0.199. The number of carbonyl (C=O) groups is 2. The summed E-state index contributed by atoms with van der Waals surface area (Å²) in [7, 11) is 1.65. The molecule has 3 aromatic rings. The van der Waals surface area contributed by atoms with Crippen LogP contribution in [0.15, 0.2) is 60.7 Å². The van der Waals surface area contributed by atoms with Crippen molar-refractivity contribution in [3.8, 4) is 17.1 Å². The number of hydrogen-bond donors (Lipinski definition) is 1. The monoisotopic (exact) mass is 462 g/mol. The van der Waals surface area contributed by atoms with Gasteiger partial charge in [0.1, 0.15) is 0 Å². The van der Waals surface area contributed by atoms with E-state index in [-0.39, 0.29) is 17.6 Å². The molecule has 2 heterocycles. The third kappa shape index (κ3) is 5.86. The highest BCUT2D eigenvalue weighted by atomic mass is 16.5. The summed E-state index contributed by atoms with van der Waals surface area (Å²) in [6.45, 7) is 3.86. The first-order valence-electron chi connectivity index (χ1n) is 11.5. The van der Waals surface area contributed by atoms with Crippen molar-refractivity contribution in [2.24, 2.45) is 0 Å². The SMILES string of the molecule is COCCCNC(=O)CN1CCN(C(=O)c2nc(-c3ccccc3)n(-c3ccccc3)n2)CC1. The molecule has 1 saturated heterocycles. The number of carbonyl (C=O) groups excluding carboxylic acids is 2. The van der Waals surface area contributed by atoms with Crippen molar-refractivity contribution < 1.29 is 14.3 Å². The minimum absolute atomic E-state index is 0.00773. The molecule has 2 amide bonds. The summed E-state index contributed by atoms with van der Waals surface area (Å²) >= 11 is 0. The molecule has 0 unspecified atom stereocenters. The van der Waals surface area contributed by atoms with Crippen LogP contribution in [0.2, 0.25) is 0 Å². The number of aromatic nitrogens is 3. The lowest BCUT2D eigenvalue weighted by Gasteiger charge is -2.33. The molecule has 0 aliphatic carbocycles. The standard InChI is InChI=1S/C25H30N6O3/c1-34-18-8-13-26-22(32)19-29-14-16-30(17-15-29)25(33)23-27-24(20-9-4-2-5-10-20)31(28-23)21-11-6-3-7-12-21/h2-7,9-12H,8,13-19H2,1H3,(H,26,32). The second-order valence-electron chi connectivity index (χ2n) is 8.14. The average Bonchev–Trinajstić information content (AvgIpc) is 3.33. The van der Waals surface area contributed by atoms with Crippen LogP contribution in [0, 0.1) is 0 Å². The highest BCUT2D eigenvalue weighted by molar-refractivity contribution is 5.91. The van der Waals surface area contributed by atoms with Gasteiger partial charge in [0.2, 0.25) is 11.7 Å². The Morgan fingerprint density at radius 3 is 2.32 bits per heavy atom. The largest absolute Gasteiger partial charge is 0.385 e. The van der Waals surface area contributed by atoms with E-state index in [2.05, 4.69) is 20.3 Å². The maximum atomic E-state index is 13.2. The summed E-state index contributed by atoms with van der Waals surface area (Å²) in [5.74, 6) is 0.591. The zero-order valence-electron chi connectivity index (χ0n) is 19.4. The number of methoxy groups -OCH3 is 1. The molecule has 2 aromatic carbocycles. The molecule has 34 heavy (non-hydrogen) atoms. The number of para-hydroxylation sites is 1. The van der Waals surface area contributed by atoms with E-state index in [4.69, 9.17) is 4.74 Å². The summed E-state index contributed by atoms with van der Waals surface area (Å²) in [5, 5.41) is 7.48. The summed E-state index contributed by atoms with van der Waals surface area (Å²) in [4.78, 5) is 33.8. The van der Waals surface area contributed by atoms with Crippen molar-refractivity contribution >= 4 is 11.8 Å². The quantitative estimate of drug-likeness (QED) is 0.488. The third-order valence-electron chi connectivity index (χ3n) is 5.71. The lowest BCUT2D eigenvalue weighted by Crippen LogP contribution is -2.51. The smallest absolute Gasteiger partial charge is 0.293 e. The van der Waals surface area contributed by atoms with Crippen LogP contribution in [-0.2, 0) is 9.53 Å². The summed E-state index contributed by atoms with van der Waals surface area (Å²) < 4.78 is 6.71. The van der Waals surface area contributed by atoms with E-state index >= 15 is 0 Å². The number of piperazine rings is 1. The molecular weight excluding hydrogens is 432 g/mol. The first-order chi connectivity index (χ1) is 16.7. The number of rotatable bonds is 9. The third-order valence-corrected chi connectivity index (χ3v) is 5.71. The first-order valence-corrected chi connectivity index (χ1v) is 11.5. The second-order valence-corrected chi connectivity index (χ2v) is 8.14. The van der Waals surface area contributed by atoms with Crippen molar-refractivity contribution in [1.82, 2.24) is 29.9 Å². The van der Waals surface area contributed by atoms with E-state index in [0.29, 0.717) is 51.7 Å². The Bertz CT molecular complexity index is 1020. The Morgan fingerprint density at radius 1 is 0.971 bits per heavy atom. The van der Waals surface area contributed by atoms with Gasteiger partial charge in [-0.05, 0) is 18.6 Å². The Labute approximate surface area is 199 Å². The number of benzene rings is 2. The normalized spacial score (nSPS) is 14.2. The highest BCUT2D eigenvalue weighted by Crippen LogP contribution is 2.21. The zero-order chi connectivity index (χ0) is 23.8. The summed E-state index contributed by atoms with van der Waals surface area (Å²) in [5.41, 5.74) is 1.73. The number of hydrogen-bond acceptors (Lipinski definition) is 6. The molecule has 0 atom stereocenters. The Balaban J connectivity index is 1.41. The van der Waals surface area contributed by atoms with Crippen molar-refractivity contribution in [3.05, 3.63) is 66.5 Å². The molecule has 1 fully saturated rings. The molecule has 0 radical (unpaired) electrons. The maximum Gasteiger partial charge on any atom is 0.293 e. The fraction of sp³-hybridized carbons (Fsp3) is 0.360. The van der Waals surface area contributed by atoms with Gasteiger partial charge >= 0.3 is 0 Å². The Kier molecular flexibility index (Phi) is 8.00. The van der Waals surface area contributed by atoms with E-state index < -0.39 is 0 Å². The molecule has 1 aliphatic heterocycles. The second kappa shape index (κ2) is 11.5. The van der Waals surface area contributed by atoms with Crippen LogP contribution in [0.5, 0.6) is 0 Å². The summed E-state index contributed by atoms with van der Waals surface area (Å²) in [6, 6.07) is 19.4. The van der Waals surface area contributed by atoms with Gasteiger partial charge in [0, 0.05) is 52.0 Å². The van der Waals surface area contributed by atoms with Crippen LogP contribution in [0.1, 0.15) is 17.0 Å². The fourth-order valence-electron chi connectivity index (χ4n) is 3.88. The molecule has 0 bridgehead atoms. The molecule has 1 aromatic heterocycles. The highest BCUT2D eigenvalue weighted by Gasteiger charge is 2.27. The molecule has 9 nitrogen and oxygen atoms in total. The van der Waals surface area contributed by atoms with Gasteiger partial charge in [-0.3, -0.25) is 14.5 Å². The van der Waals surface area contributed by atoms with Gasteiger partial charge in [0.05, 0.1) is 12.2 Å². The number of ether oxygens (including phenoxy) is 1. The Morgan fingerprint density at radius 2 is 1.65 bits per heavy atom. The van der Waals surface area contributed by atoms with E-state index in [1.165, 1.54) is 0 Å². The molecular formula is C25H30N6O3. The predicted octanol–water partition coefficient (Wildman–Crippen LogP) is 1.84. The molecule has 9 heteroatoms. The average molecular weight is 463 g/mol. The van der Waals surface area contributed by atoms with Crippen molar-refractivity contribution in [2.75, 3.05) is 53.0 Å². The van der Waals surface area contributed by atoms with Crippen molar-refractivity contribution in [1.29, 1.82) is 0 Å². The zero-order valence-corrected chi connectivity index (χ0v) is 19.4. The van der Waals surface area contributed by atoms with Gasteiger partial charge in [-0.15, -0.1) is 5.10 Å². The topological polar surface area (TPSA) is 92.6 Å². The van der Waals surface area contributed by atoms with Crippen molar-refractivity contribution in [3.63, 3.8) is 0 Å². The fourth-order valence-corrected chi connectivity index (χ4v) is 3.88. The van der Waals surface area contributed by atoms with Crippen LogP contribution >= 0.6 is 0 Å². The van der Waals surface area contributed by atoms with Gasteiger partial charge in [-0.1, -0.05) is 48.5 Å². The van der Waals surface area contributed by atoms with Gasteiger partial charge in [0.25, 0.3) is 5.91 Å². The van der Waals surface area contributed by atoms with Crippen molar-refractivity contribution in [2.45, 2.75) is 6.42 Å². The van der Waals surface area contributed by atoms with E-state index in [1.807, 2.05) is 60.7 Å². The number of amides is 2. The van der Waals surface area contributed by atoms with E-state index in [9.17, 15) is 9.59 Å². The van der Waals surface area contributed by atoms with Gasteiger partial charge in [-0.2, -0.15) is 0 Å². The first kappa shape index (κ1) is 23.6. The number of nitrogens with one attached hydrogen (secondary N) is 1. The Hall–Kier alpha value is -3.56. The number of nitrogens with zero attached hydrogens (tertiary/aromatic N) is 5. The predicted molar refractivity (Wildman–Crippen MR) is 129 cm³/mol. The van der Waals surface area contributed by atoms with Gasteiger partial charge in [-0.25, -0.2) is 9.67 Å². The lowest BCUT2D eigenvalue weighted by atomic mass is 10.2. The molecule has 0 saturated carbocycles. The van der Waals surface area contributed by atoms with Gasteiger partial charge in [0.15, 0.2) is 5.82 Å². The maximum absolute atomic E-state index is 13.2. The van der Waals surface area contributed by atoms with Crippen LogP contribution in [0.3, 0.4) is 0 Å². The van der Waals surface area contributed by atoms with Crippen LogP contribution in [-0.4, -0.2) is 89.4 Å². The van der Waals surface area contributed by atoms with Crippen LogP contribution in [0.25, 0.3) is 17.1 Å². The minimum Gasteiger partial charge on any atom is -0.385 e. The van der Waals surface area contributed by atoms with Crippen LogP contribution in [0.4, 0.5) is 0 Å². The molecule has 1 aliphatic rings. The van der Waals surface area contributed by atoms with Crippen LogP contribution < -0.4 is 5.32 Å². The molecule has 178 valence electrons. The summed E-state index contributed by atoms with van der Waals surface area (Å²) in [6.07, 6.45) is 0.790. The molecule has 1 N–H and O–H groups in total.